The molecule has 1 fully saturated rings. The summed E-state index contributed by atoms with van der Waals surface area (Å²) in [6, 6.07) is 6.59. The Kier molecular flexibility index (Phi) is 5.67. The van der Waals surface area contributed by atoms with Gasteiger partial charge in [0.15, 0.2) is 0 Å². The number of benzene rings is 1. The molecule has 1 saturated heterocycles. The predicted molar refractivity (Wildman–Crippen MR) is 107 cm³/mol. The molecule has 10 heteroatoms. The summed E-state index contributed by atoms with van der Waals surface area (Å²) in [5, 5.41) is 4.89. The molecular weight excluding hydrogens is 415 g/mol. The second-order valence-corrected chi connectivity index (χ2v) is 7.78. The number of thiazole rings is 1. The molecular formula is C20H18F3N5OS. The van der Waals surface area contributed by atoms with Crippen molar-refractivity contribution in [2.24, 2.45) is 0 Å². The molecule has 2 aromatic heterocycles. The molecule has 1 atom stereocenters. The molecule has 4 rings (SSSR count). The fraction of sp³-hybridized carbons (Fsp3) is 0.300. The van der Waals surface area contributed by atoms with Crippen LogP contribution in [0.15, 0.2) is 48.1 Å². The number of carbonyl (C=O) groups excluding carboxylic acids is 1. The van der Waals surface area contributed by atoms with Crippen molar-refractivity contribution in [3.05, 3.63) is 59.4 Å². The zero-order valence-electron chi connectivity index (χ0n) is 15.8. The van der Waals surface area contributed by atoms with Crippen LogP contribution in [0.2, 0.25) is 0 Å². The molecule has 3 aromatic rings. The maximum Gasteiger partial charge on any atom is 0.416 e. The number of nitrogens with one attached hydrogen (secondary N) is 1. The lowest BCUT2D eigenvalue weighted by Gasteiger charge is -2.32. The van der Waals surface area contributed by atoms with E-state index in [1.807, 2.05) is 4.90 Å². The van der Waals surface area contributed by atoms with Crippen molar-refractivity contribution in [1.82, 2.24) is 20.3 Å². The smallest absolute Gasteiger partial charge is 0.346 e. The van der Waals surface area contributed by atoms with E-state index >= 15 is 0 Å². The number of rotatable bonds is 4. The van der Waals surface area contributed by atoms with Crippen LogP contribution in [0.3, 0.4) is 0 Å². The third kappa shape index (κ3) is 4.59. The topological polar surface area (TPSA) is 71.0 Å². The van der Waals surface area contributed by atoms with Crippen LogP contribution in [0.5, 0.6) is 0 Å². The average molecular weight is 433 g/mol. The first-order valence-corrected chi connectivity index (χ1v) is 10.2. The number of hydrogen-bond donors (Lipinski definition) is 1. The van der Waals surface area contributed by atoms with E-state index in [9.17, 15) is 18.0 Å². The second-order valence-electron chi connectivity index (χ2n) is 6.92. The summed E-state index contributed by atoms with van der Waals surface area (Å²) in [7, 11) is 0. The minimum atomic E-state index is -4.43. The number of aromatic nitrogens is 3. The van der Waals surface area contributed by atoms with Crippen LogP contribution >= 0.6 is 11.3 Å². The molecule has 0 bridgehead atoms. The molecule has 1 aliphatic rings. The van der Waals surface area contributed by atoms with Gasteiger partial charge in [0.2, 0.25) is 5.95 Å². The van der Waals surface area contributed by atoms with E-state index in [0.717, 1.165) is 42.9 Å². The van der Waals surface area contributed by atoms with Crippen molar-refractivity contribution < 1.29 is 18.0 Å². The van der Waals surface area contributed by atoms with Crippen LogP contribution < -0.4 is 10.2 Å². The highest BCUT2D eigenvalue weighted by Crippen LogP contribution is 2.33. The van der Waals surface area contributed by atoms with Gasteiger partial charge in [0.1, 0.15) is 10.7 Å². The van der Waals surface area contributed by atoms with Crippen molar-refractivity contribution in [2.75, 3.05) is 18.0 Å². The molecule has 1 amide bonds. The van der Waals surface area contributed by atoms with Crippen LogP contribution in [-0.2, 0) is 6.18 Å². The van der Waals surface area contributed by atoms with Crippen molar-refractivity contribution in [3.63, 3.8) is 0 Å². The molecule has 0 spiro atoms. The summed E-state index contributed by atoms with van der Waals surface area (Å²) < 4.78 is 38.8. The van der Waals surface area contributed by atoms with Crippen LogP contribution in [0.25, 0.3) is 10.6 Å². The van der Waals surface area contributed by atoms with Gasteiger partial charge in [0.25, 0.3) is 5.91 Å². The SMILES string of the molecule is O=C(NC1CCCN(c2ncccn2)C1)c1csc(-c2cccc(C(F)(F)F)c2)n1. The summed E-state index contributed by atoms with van der Waals surface area (Å²) in [4.78, 5) is 27.4. The lowest BCUT2D eigenvalue weighted by molar-refractivity contribution is -0.137. The Balaban J connectivity index is 1.43. The average Bonchev–Trinajstić information content (AvgIpc) is 3.25. The fourth-order valence-electron chi connectivity index (χ4n) is 3.33. The van der Waals surface area contributed by atoms with E-state index in [-0.39, 0.29) is 17.6 Å². The Labute approximate surface area is 174 Å². The molecule has 1 aliphatic heterocycles. The lowest BCUT2D eigenvalue weighted by Crippen LogP contribution is -2.48. The Morgan fingerprint density at radius 1 is 1.20 bits per heavy atom. The highest BCUT2D eigenvalue weighted by molar-refractivity contribution is 7.13. The molecule has 0 aliphatic carbocycles. The zero-order valence-corrected chi connectivity index (χ0v) is 16.6. The molecule has 30 heavy (non-hydrogen) atoms. The fourth-order valence-corrected chi connectivity index (χ4v) is 4.13. The molecule has 1 unspecified atom stereocenters. The van der Waals surface area contributed by atoms with Crippen molar-refractivity contribution in [1.29, 1.82) is 0 Å². The maximum atomic E-state index is 12.9. The van der Waals surface area contributed by atoms with E-state index < -0.39 is 11.7 Å². The number of piperidine rings is 1. The first-order valence-electron chi connectivity index (χ1n) is 9.36. The van der Waals surface area contributed by atoms with Gasteiger partial charge in [0.05, 0.1) is 5.56 Å². The number of alkyl halides is 3. The van der Waals surface area contributed by atoms with E-state index in [1.54, 1.807) is 29.9 Å². The Bertz CT molecular complexity index is 1020. The minimum absolute atomic E-state index is 0.0891. The molecule has 156 valence electrons. The largest absolute Gasteiger partial charge is 0.416 e. The molecule has 0 saturated carbocycles. The van der Waals surface area contributed by atoms with Gasteiger partial charge < -0.3 is 10.2 Å². The molecule has 6 nitrogen and oxygen atoms in total. The quantitative estimate of drug-likeness (QED) is 0.673. The van der Waals surface area contributed by atoms with Crippen molar-refractivity contribution in [3.8, 4) is 10.6 Å². The van der Waals surface area contributed by atoms with Gasteiger partial charge >= 0.3 is 6.18 Å². The van der Waals surface area contributed by atoms with Gasteiger partial charge in [-0.2, -0.15) is 13.2 Å². The number of hydrogen-bond acceptors (Lipinski definition) is 6. The summed E-state index contributed by atoms with van der Waals surface area (Å²) in [6.07, 6.45) is 0.627. The first kappa shape index (κ1) is 20.3. The van der Waals surface area contributed by atoms with E-state index in [2.05, 4.69) is 20.3 Å². The lowest BCUT2D eigenvalue weighted by atomic mass is 10.1. The number of halogens is 3. The number of carbonyl (C=O) groups is 1. The highest BCUT2D eigenvalue weighted by Gasteiger charge is 2.31. The van der Waals surface area contributed by atoms with Crippen molar-refractivity contribution >= 4 is 23.2 Å². The highest BCUT2D eigenvalue weighted by atomic mass is 32.1. The predicted octanol–water partition coefficient (Wildman–Crippen LogP) is 4.02. The molecule has 1 aromatic carbocycles. The second kappa shape index (κ2) is 8.39. The van der Waals surface area contributed by atoms with E-state index in [4.69, 9.17) is 0 Å². The summed E-state index contributed by atoms with van der Waals surface area (Å²) in [5.74, 6) is 0.280. The first-order chi connectivity index (χ1) is 14.4. The molecule has 1 N–H and O–H groups in total. The van der Waals surface area contributed by atoms with Gasteiger partial charge in [-0.15, -0.1) is 11.3 Å². The van der Waals surface area contributed by atoms with Gasteiger partial charge in [-0.05, 0) is 31.0 Å². The minimum Gasteiger partial charge on any atom is -0.346 e. The standard InChI is InChI=1S/C20H18F3N5OS/c21-20(22,23)14-5-1-4-13(10-14)18-27-16(12-30-18)17(29)26-15-6-2-9-28(11-15)19-24-7-3-8-25-19/h1,3-5,7-8,10,12,15H,2,6,9,11H2,(H,26,29). The number of nitrogens with zero attached hydrogens (tertiary/aromatic N) is 4. The maximum absolute atomic E-state index is 12.9. The summed E-state index contributed by atoms with van der Waals surface area (Å²) in [6.45, 7) is 1.40. The van der Waals surface area contributed by atoms with E-state index in [1.165, 1.54) is 6.07 Å². The Hall–Kier alpha value is -3.01. The monoisotopic (exact) mass is 433 g/mol. The number of amides is 1. The molecule has 0 radical (unpaired) electrons. The van der Waals surface area contributed by atoms with Gasteiger partial charge in [-0.3, -0.25) is 4.79 Å². The van der Waals surface area contributed by atoms with Gasteiger partial charge in [0, 0.05) is 42.5 Å². The third-order valence-electron chi connectivity index (χ3n) is 4.77. The number of anilines is 1. The zero-order chi connectivity index (χ0) is 21.1. The molecule has 3 heterocycles. The third-order valence-corrected chi connectivity index (χ3v) is 5.66. The van der Waals surface area contributed by atoms with Crippen LogP contribution in [0.4, 0.5) is 19.1 Å². The van der Waals surface area contributed by atoms with Crippen LogP contribution in [0, 0.1) is 0 Å². The van der Waals surface area contributed by atoms with Crippen LogP contribution in [0.1, 0.15) is 28.9 Å². The van der Waals surface area contributed by atoms with Crippen molar-refractivity contribution in [2.45, 2.75) is 25.1 Å². The normalized spacial score (nSPS) is 17.0. The van der Waals surface area contributed by atoms with E-state index in [0.29, 0.717) is 23.1 Å². The Morgan fingerprint density at radius 3 is 2.77 bits per heavy atom. The van der Waals surface area contributed by atoms with Gasteiger partial charge in [-0.1, -0.05) is 12.1 Å². The summed E-state index contributed by atoms with van der Waals surface area (Å²) in [5.41, 5.74) is -0.217. The van der Waals surface area contributed by atoms with Gasteiger partial charge in [-0.25, -0.2) is 15.0 Å². The van der Waals surface area contributed by atoms with Crippen LogP contribution in [-0.4, -0.2) is 40.0 Å². The Morgan fingerprint density at radius 2 is 2.00 bits per heavy atom. The summed E-state index contributed by atoms with van der Waals surface area (Å²) >= 11 is 1.14.